The molecule has 0 aliphatic heterocycles. The van der Waals surface area contributed by atoms with Crippen LogP contribution < -0.4 is 15.4 Å². The molecule has 2 rings (SSSR count). The highest BCUT2D eigenvalue weighted by atomic mass is 32.2. The van der Waals surface area contributed by atoms with E-state index in [1.54, 1.807) is 24.3 Å². The molecule has 2 amide bonds. The van der Waals surface area contributed by atoms with Crippen molar-refractivity contribution in [3.05, 3.63) is 60.2 Å². The van der Waals surface area contributed by atoms with E-state index < -0.39 is 10.0 Å². The molecule has 1 atom stereocenters. The normalized spacial score (nSPS) is 12.3. The van der Waals surface area contributed by atoms with Crippen molar-refractivity contribution in [2.45, 2.75) is 13.0 Å². The summed E-state index contributed by atoms with van der Waals surface area (Å²) in [6.45, 7) is 1.90. The summed E-state index contributed by atoms with van der Waals surface area (Å²) >= 11 is 0. The van der Waals surface area contributed by atoms with Crippen LogP contribution in [0.3, 0.4) is 0 Å². The maximum atomic E-state index is 12.0. The fourth-order valence-electron chi connectivity index (χ4n) is 2.02. The Kier molecular flexibility index (Phi) is 5.23. The summed E-state index contributed by atoms with van der Waals surface area (Å²) in [6.07, 6.45) is 1.08. The molecule has 1 unspecified atom stereocenters. The molecule has 0 saturated heterocycles. The smallest absolute Gasteiger partial charge is 0.319 e. The molecule has 2 aromatic rings. The Hall–Kier alpha value is -2.54. The van der Waals surface area contributed by atoms with Crippen LogP contribution in [0.5, 0.6) is 0 Å². The van der Waals surface area contributed by atoms with Gasteiger partial charge in [-0.3, -0.25) is 4.72 Å². The van der Waals surface area contributed by atoms with Gasteiger partial charge in [0, 0.05) is 11.4 Å². The fourth-order valence-corrected chi connectivity index (χ4v) is 2.59. The molecule has 122 valence electrons. The van der Waals surface area contributed by atoms with E-state index in [0.29, 0.717) is 11.4 Å². The van der Waals surface area contributed by atoms with Gasteiger partial charge in [0.15, 0.2) is 0 Å². The Morgan fingerprint density at radius 2 is 1.52 bits per heavy atom. The first-order chi connectivity index (χ1) is 10.8. The van der Waals surface area contributed by atoms with Gasteiger partial charge < -0.3 is 10.6 Å². The molecule has 0 heterocycles. The van der Waals surface area contributed by atoms with Crippen molar-refractivity contribution < 1.29 is 13.2 Å². The molecule has 6 nitrogen and oxygen atoms in total. The molecule has 0 bridgehead atoms. The average Bonchev–Trinajstić information content (AvgIpc) is 2.48. The Labute approximate surface area is 136 Å². The van der Waals surface area contributed by atoms with Crippen LogP contribution >= 0.6 is 0 Å². The lowest BCUT2D eigenvalue weighted by atomic mass is 10.1. The largest absolute Gasteiger partial charge is 0.331 e. The highest BCUT2D eigenvalue weighted by Gasteiger charge is 2.09. The van der Waals surface area contributed by atoms with Gasteiger partial charge in [-0.15, -0.1) is 0 Å². The first-order valence-corrected chi connectivity index (χ1v) is 8.93. The number of hydrogen-bond acceptors (Lipinski definition) is 3. The van der Waals surface area contributed by atoms with E-state index in [1.165, 1.54) is 0 Å². The van der Waals surface area contributed by atoms with Crippen molar-refractivity contribution in [1.82, 2.24) is 5.32 Å². The minimum atomic E-state index is -3.31. The molecule has 0 aliphatic rings. The summed E-state index contributed by atoms with van der Waals surface area (Å²) in [4.78, 5) is 12.0. The van der Waals surface area contributed by atoms with Gasteiger partial charge in [-0.25, -0.2) is 13.2 Å². The van der Waals surface area contributed by atoms with Gasteiger partial charge in [0.1, 0.15) is 0 Å². The molecular formula is C16H19N3O3S. The van der Waals surface area contributed by atoms with Crippen LogP contribution in [0.4, 0.5) is 16.2 Å². The van der Waals surface area contributed by atoms with Crippen LogP contribution in [-0.4, -0.2) is 20.7 Å². The van der Waals surface area contributed by atoms with Gasteiger partial charge in [-0.05, 0) is 36.8 Å². The molecular weight excluding hydrogens is 314 g/mol. The van der Waals surface area contributed by atoms with E-state index in [0.717, 1.165) is 11.8 Å². The van der Waals surface area contributed by atoms with Crippen LogP contribution in [0.1, 0.15) is 18.5 Å². The standard InChI is InChI=1S/C16H19N3O3S/c1-12(13-6-4-3-5-7-13)17-16(20)18-14-8-10-15(11-9-14)19-23(2,21)22/h3-12,19H,1-2H3,(H2,17,18,20). The van der Waals surface area contributed by atoms with Crippen molar-refractivity contribution in [3.63, 3.8) is 0 Å². The van der Waals surface area contributed by atoms with Gasteiger partial charge in [0.25, 0.3) is 0 Å². The molecule has 3 N–H and O–H groups in total. The summed E-state index contributed by atoms with van der Waals surface area (Å²) in [5.74, 6) is 0. The molecule has 0 spiro atoms. The topological polar surface area (TPSA) is 87.3 Å². The zero-order chi connectivity index (χ0) is 16.9. The Morgan fingerprint density at radius 3 is 2.09 bits per heavy atom. The SMILES string of the molecule is CC(NC(=O)Nc1ccc(NS(C)(=O)=O)cc1)c1ccccc1. The monoisotopic (exact) mass is 333 g/mol. The number of amides is 2. The molecule has 0 radical (unpaired) electrons. The lowest BCUT2D eigenvalue weighted by Crippen LogP contribution is -2.31. The predicted octanol–water partition coefficient (Wildman–Crippen LogP) is 2.94. The van der Waals surface area contributed by atoms with E-state index in [4.69, 9.17) is 0 Å². The Morgan fingerprint density at radius 1 is 0.957 bits per heavy atom. The molecule has 7 heteroatoms. The first kappa shape index (κ1) is 16.8. The molecule has 0 saturated carbocycles. The number of rotatable bonds is 5. The van der Waals surface area contributed by atoms with Crippen LogP contribution in [-0.2, 0) is 10.0 Å². The molecule has 0 aliphatic carbocycles. The summed E-state index contributed by atoms with van der Waals surface area (Å²) < 4.78 is 24.6. The van der Waals surface area contributed by atoms with Crippen LogP contribution in [0.2, 0.25) is 0 Å². The van der Waals surface area contributed by atoms with Gasteiger partial charge in [0.2, 0.25) is 10.0 Å². The first-order valence-electron chi connectivity index (χ1n) is 7.04. The lowest BCUT2D eigenvalue weighted by Gasteiger charge is -2.15. The second-order valence-corrected chi connectivity index (χ2v) is 6.93. The van der Waals surface area contributed by atoms with Crippen LogP contribution in [0.25, 0.3) is 0 Å². The summed E-state index contributed by atoms with van der Waals surface area (Å²) in [5, 5.41) is 5.54. The summed E-state index contributed by atoms with van der Waals surface area (Å²) in [6, 6.07) is 15.6. The molecule has 0 fully saturated rings. The van der Waals surface area contributed by atoms with Crippen LogP contribution in [0, 0.1) is 0 Å². The number of carbonyl (C=O) groups excluding carboxylic acids is 1. The fraction of sp³-hybridized carbons (Fsp3) is 0.188. The third-order valence-electron chi connectivity index (χ3n) is 3.09. The van der Waals surface area contributed by atoms with Gasteiger partial charge in [0.05, 0.1) is 12.3 Å². The van der Waals surface area contributed by atoms with Crippen molar-refractivity contribution >= 4 is 27.4 Å². The summed E-state index contributed by atoms with van der Waals surface area (Å²) in [7, 11) is -3.31. The molecule has 0 aromatic heterocycles. The van der Waals surface area contributed by atoms with E-state index in [1.807, 2.05) is 37.3 Å². The third-order valence-corrected chi connectivity index (χ3v) is 3.70. The van der Waals surface area contributed by atoms with Crippen molar-refractivity contribution in [1.29, 1.82) is 0 Å². The average molecular weight is 333 g/mol. The van der Waals surface area contributed by atoms with Crippen molar-refractivity contribution in [3.8, 4) is 0 Å². The predicted molar refractivity (Wildman–Crippen MR) is 91.9 cm³/mol. The second kappa shape index (κ2) is 7.15. The zero-order valence-corrected chi connectivity index (χ0v) is 13.7. The van der Waals surface area contributed by atoms with Crippen LogP contribution in [0.15, 0.2) is 54.6 Å². The van der Waals surface area contributed by atoms with E-state index in [2.05, 4.69) is 15.4 Å². The zero-order valence-electron chi connectivity index (χ0n) is 12.9. The van der Waals surface area contributed by atoms with E-state index >= 15 is 0 Å². The van der Waals surface area contributed by atoms with Gasteiger partial charge in [-0.1, -0.05) is 30.3 Å². The number of anilines is 2. The lowest BCUT2D eigenvalue weighted by molar-refractivity contribution is 0.249. The Balaban J connectivity index is 1.93. The minimum absolute atomic E-state index is 0.123. The van der Waals surface area contributed by atoms with Gasteiger partial charge in [-0.2, -0.15) is 0 Å². The number of nitrogens with one attached hydrogen (secondary N) is 3. The number of hydrogen-bond donors (Lipinski definition) is 3. The number of carbonyl (C=O) groups is 1. The maximum absolute atomic E-state index is 12.0. The van der Waals surface area contributed by atoms with E-state index in [-0.39, 0.29) is 12.1 Å². The quantitative estimate of drug-likeness (QED) is 0.786. The number of sulfonamides is 1. The highest BCUT2D eigenvalue weighted by molar-refractivity contribution is 7.92. The van der Waals surface area contributed by atoms with Gasteiger partial charge >= 0.3 is 6.03 Å². The molecule has 2 aromatic carbocycles. The van der Waals surface area contributed by atoms with Crippen molar-refractivity contribution in [2.24, 2.45) is 0 Å². The highest BCUT2D eigenvalue weighted by Crippen LogP contribution is 2.15. The molecule has 23 heavy (non-hydrogen) atoms. The van der Waals surface area contributed by atoms with E-state index in [9.17, 15) is 13.2 Å². The maximum Gasteiger partial charge on any atom is 0.319 e. The second-order valence-electron chi connectivity index (χ2n) is 5.18. The minimum Gasteiger partial charge on any atom is -0.331 e. The Bertz CT molecular complexity index is 759. The number of benzene rings is 2. The summed E-state index contributed by atoms with van der Waals surface area (Å²) in [5.41, 5.74) is 2.02. The number of urea groups is 1. The third kappa shape index (κ3) is 5.63. The van der Waals surface area contributed by atoms with Crippen molar-refractivity contribution in [2.75, 3.05) is 16.3 Å².